The minimum Gasteiger partial charge on any atom is -0.399 e. The normalized spacial score (nSPS) is 13.9. The number of fused-ring (bicyclic) bond motifs is 1. The van der Waals surface area contributed by atoms with Crippen LogP contribution in [0.5, 0.6) is 0 Å². The van der Waals surface area contributed by atoms with Gasteiger partial charge in [0.2, 0.25) is 0 Å². The largest absolute Gasteiger partial charge is 0.399 e. The summed E-state index contributed by atoms with van der Waals surface area (Å²) >= 11 is 4.95. The molecule has 2 aromatic carbocycles. The highest BCUT2D eigenvalue weighted by molar-refractivity contribution is 9.10. The van der Waals surface area contributed by atoms with Crippen molar-refractivity contribution in [3.05, 3.63) is 52.3 Å². The van der Waals surface area contributed by atoms with E-state index in [0.29, 0.717) is 22.3 Å². The number of anilines is 2. The number of hydrogen-bond donors (Lipinski definition) is 1. The minimum absolute atomic E-state index is 0.158. The summed E-state index contributed by atoms with van der Waals surface area (Å²) in [5.74, 6) is 0.285. The van der Waals surface area contributed by atoms with Gasteiger partial charge in [-0.1, -0.05) is 0 Å². The minimum atomic E-state index is -0.378. The lowest BCUT2D eigenvalue weighted by atomic mass is 10.1. The fourth-order valence-corrected chi connectivity index (χ4v) is 3.75. The van der Waals surface area contributed by atoms with Crippen molar-refractivity contribution in [2.24, 2.45) is 0 Å². The predicted molar refractivity (Wildman–Crippen MR) is 87.4 cm³/mol. The zero-order valence-electron chi connectivity index (χ0n) is 11.0. The molecule has 0 aliphatic carbocycles. The lowest BCUT2D eigenvalue weighted by Gasteiger charge is -2.29. The molecular formula is C15H12BrFN2OS. The van der Waals surface area contributed by atoms with Gasteiger partial charge in [0.25, 0.3) is 5.91 Å². The highest BCUT2D eigenvalue weighted by Gasteiger charge is 2.25. The first-order valence-corrected chi connectivity index (χ1v) is 8.13. The second-order valence-corrected chi connectivity index (χ2v) is 6.65. The topological polar surface area (TPSA) is 46.3 Å². The van der Waals surface area contributed by atoms with Gasteiger partial charge in [-0.05, 0) is 52.3 Å². The molecule has 21 heavy (non-hydrogen) atoms. The number of nitrogen functional groups attached to an aromatic ring is 1. The van der Waals surface area contributed by atoms with Crippen molar-refractivity contribution in [2.75, 3.05) is 22.9 Å². The second kappa shape index (κ2) is 5.69. The number of carbonyl (C=O) groups excluding carboxylic acids is 1. The first-order chi connectivity index (χ1) is 10.1. The van der Waals surface area contributed by atoms with Gasteiger partial charge in [-0.25, -0.2) is 4.39 Å². The maximum absolute atomic E-state index is 13.2. The Morgan fingerprint density at radius 1 is 1.29 bits per heavy atom. The van der Waals surface area contributed by atoms with Gasteiger partial charge in [-0.15, -0.1) is 11.8 Å². The monoisotopic (exact) mass is 366 g/mol. The van der Waals surface area contributed by atoms with Crippen LogP contribution in [0, 0.1) is 5.82 Å². The maximum atomic E-state index is 13.2. The zero-order valence-corrected chi connectivity index (χ0v) is 13.4. The molecule has 2 N–H and O–H groups in total. The van der Waals surface area contributed by atoms with Crippen LogP contribution in [0.3, 0.4) is 0 Å². The van der Waals surface area contributed by atoms with E-state index in [1.54, 1.807) is 22.7 Å². The van der Waals surface area contributed by atoms with Gasteiger partial charge in [-0.2, -0.15) is 0 Å². The fourth-order valence-electron chi connectivity index (χ4n) is 2.25. The number of nitrogens with zero attached hydrogens (tertiary/aromatic N) is 1. The molecule has 0 saturated heterocycles. The molecule has 108 valence electrons. The number of benzene rings is 2. The predicted octanol–water partition coefficient (Wildman–Crippen LogP) is 3.92. The third-order valence-electron chi connectivity index (χ3n) is 3.25. The van der Waals surface area contributed by atoms with Crippen LogP contribution in [0.2, 0.25) is 0 Å². The van der Waals surface area contributed by atoms with Gasteiger partial charge in [0.1, 0.15) is 5.82 Å². The summed E-state index contributed by atoms with van der Waals surface area (Å²) in [5, 5.41) is 0. The molecule has 0 radical (unpaired) electrons. The van der Waals surface area contributed by atoms with Gasteiger partial charge < -0.3 is 10.6 Å². The molecule has 0 saturated carbocycles. The van der Waals surface area contributed by atoms with Crippen LogP contribution < -0.4 is 10.6 Å². The van der Waals surface area contributed by atoms with E-state index in [2.05, 4.69) is 15.9 Å². The van der Waals surface area contributed by atoms with Crippen LogP contribution in [0.4, 0.5) is 15.8 Å². The van der Waals surface area contributed by atoms with Gasteiger partial charge in [0.05, 0.1) is 11.3 Å². The van der Waals surface area contributed by atoms with E-state index in [4.69, 9.17) is 5.73 Å². The molecule has 1 aliphatic rings. The number of halogens is 2. The number of thioether (sulfide) groups is 1. The molecule has 1 amide bonds. The molecule has 0 spiro atoms. The van der Waals surface area contributed by atoms with E-state index >= 15 is 0 Å². The number of carbonyl (C=O) groups is 1. The van der Waals surface area contributed by atoms with Crippen molar-refractivity contribution in [1.82, 2.24) is 0 Å². The number of hydrogen-bond acceptors (Lipinski definition) is 3. The van der Waals surface area contributed by atoms with Crippen molar-refractivity contribution >= 4 is 45.0 Å². The Balaban J connectivity index is 2.02. The summed E-state index contributed by atoms with van der Waals surface area (Å²) in [4.78, 5) is 15.5. The summed E-state index contributed by atoms with van der Waals surface area (Å²) in [7, 11) is 0. The molecule has 0 aromatic heterocycles. The lowest BCUT2D eigenvalue weighted by molar-refractivity contribution is 0.0987. The molecule has 1 aliphatic heterocycles. The second-order valence-electron chi connectivity index (χ2n) is 4.66. The van der Waals surface area contributed by atoms with Gasteiger partial charge in [-0.3, -0.25) is 4.79 Å². The van der Waals surface area contributed by atoms with E-state index in [0.717, 1.165) is 16.3 Å². The molecular weight excluding hydrogens is 355 g/mol. The van der Waals surface area contributed by atoms with Crippen LogP contribution in [-0.4, -0.2) is 18.2 Å². The summed E-state index contributed by atoms with van der Waals surface area (Å²) in [6, 6.07) is 9.64. The molecule has 3 rings (SSSR count). The van der Waals surface area contributed by atoms with Crippen molar-refractivity contribution in [2.45, 2.75) is 4.90 Å². The Bertz CT molecular complexity index is 723. The Kier molecular flexibility index (Phi) is 3.91. The molecule has 3 nitrogen and oxygen atoms in total. The van der Waals surface area contributed by atoms with E-state index in [1.165, 1.54) is 18.2 Å². The Morgan fingerprint density at radius 3 is 2.86 bits per heavy atom. The van der Waals surface area contributed by atoms with E-state index in [1.807, 2.05) is 12.1 Å². The van der Waals surface area contributed by atoms with Crippen LogP contribution in [0.1, 0.15) is 10.4 Å². The van der Waals surface area contributed by atoms with E-state index < -0.39 is 0 Å². The molecule has 0 atom stereocenters. The van der Waals surface area contributed by atoms with Crippen LogP contribution >= 0.6 is 27.7 Å². The van der Waals surface area contributed by atoms with Gasteiger partial charge in [0, 0.05) is 27.4 Å². The third kappa shape index (κ3) is 2.78. The number of nitrogens with two attached hydrogens (primary N) is 1. The standard InChI is InChI=1S/C15H12BrFN2OS/c16-12-7-9(17)1-3-11(12)15(20)19-5-6-21-14-4-2-10(18)8-13(14)19/h1-4,7-8H,5-6,18H2. The SMILES string of the molecule is Nc1ccc2c(c1)N(C(=O)c1ccc(F)cc1Br)CCS2. The average molecular weight is 367 g/mol. The molecule has 2 aromatic rings. The smallest absolute Gasteiger partial charge is 0.259 e. The van der Waals surface area contributed by atoms with Crippen molar-refractivity contribution in [3.63, 3.8) is 0 Å². The highest BCUT2D eigenvalue weighted by atomic mass is 79.9. The fraction of sp³-hybridized carbons (Fsp3) is 0.133. The number of amides is 1. The van der Waals surface area contributed by atoms with Gasteiger partial charge >= 0.3 is 0 Å². The molecule has 1 heterocycles. The Hall–Kier alpha value is -1.53. The molecule has 6 heteroatoms. The van der Waals surface area contributed by atoms with E-state index in [-0.39, 0.29) is 11.7 Å². The van der Waals surface area contributed by atoms with Gasteiger partial charge in [0.15, 0.2) is 0 Å². The Morgan fingerprint density at radius 2 is 2.10 bits per heavy atom. The first kappa shape index (κ1) is 14.4. The number of rotatable bonds is 1. The lowest BCUT2D eigenvalue weighted by Crippen LogP contribution is -2.35. The highest BCUT2D eigenvalue weighted by Crippen LogP contribution is 2.37. The molecule has 0 unspecified atom stereocenters. The van der Waals surface area contributed by atoms with E-state index in [9.17, 15) is 9.18 Å². The average Bonchev–Trinajstić information content (AvgIpc) is 2.46. The quantitative estimate of drug-likeness (QED) is 0.777. The molecule has 0 fully saturated rings. The van der Waals surface area contributed by atoms with Crippen molar-refractivity contribution < 1.29 is 9.18 Å². The zero-order chi connectivity index (χ0) is 15.0. The summed E-state index contributed by atoms with van der Waals surface area (Å²) < 4.78 is 13.6. The van der Waals surface area contributed by atoms with Crippen LogP contribution in [0.15, 0.2) is 45.8 Å². The van der Waals surface area contributed by atoms with Crippen molar-refractivity contribution in [3.8, 4) is 0 Å². The third-order valence-corrected chi connectivity index (χ3v) is 4.95. The summed E-state index contributed by atoms with van der Waals surface area (Å²) in [6.07, 6.45) is 0. The summed E-state index contributed by atoms with van der Waals surface area (Å²) in [5.41, 5.74) is 7.70. The Labute approximate surface area is 134 Å². The van der Waals surface area contributed by atoms with Crippen molar-refractivity contribution in [1.29, 1.82) is 0 Å². The summed E-state index contributed by atoms with van der Waals surface area (Å²) in [6.45, 7) is 0.601. The van der Waals surface area contributed by atoms with Crippen LogP contribution in [-0.2, 0) is 0 Å². The van der Waals surface area contributed by atoms with Crippen LogP contribution in [0.25, 0.3) is 0 Å². The maximum Gasteiger partial charge on any atom is 0.259 e. The molecule has 0 bridgehead atoms. The first-order valence-electron chi connectivity index (χ1n) is 6.35.